The average Bonchev–Trinajstić information content (AvgIpc) is 3.65. The molecule has 0 amide bonds. The molecule has 1 aromatic heterocycles. The largest absolute Gasteiger partial charge is 0.469 e. The second-order valence-corrected chi connectivity index (χ2v) is 12.5. The van der Waals surface area contributed by atoms with E-state index < -0.39 is 23.9 Å². The minimum absolute atomic E-state index is 0.0558. The number of cyclic esters (lactones) is 2. The number of fused-ring (bicyclic) bond motifs is 5. The van der Waals surface area contributed by atoms with Crippen molar-refractivity contribution < 1.29 is 28.7 Å². The number of nitrogens with zero attached hydrogens (tertiary/aromatic N) is 2. The first-order valence-corrected chi connectivity index (χ1v) is 15.3. The molecule has 0 spiro atoms. The number of esters is 3. The number of rotatable bonds is 5. The average molecular weight is 599 g/mol. The summed E-state index contributed by atoms with van der Waals surface area (Å²) in [5.74, 6) is -2.69. The SMILES string of the molecule is CC[C@H]1/C2=C/C3=C(C)C4C(=O)OC(=O)/C(=C5N=C(/C=c6\[nH]/c(c(C(C)=O)c6C)=C\C(=N2)[C@@H]1C)[C@@H](C)[C@@H]/5CCC(=O)OC)C4N3. The molecule has 1 aromatic rings. The molecular formula is C34H38N4O6. The molecule has 6 rings (SSSR count). The predicted octanol–water partition coefficient (Wildman–Crippen LogP) is 2.96. The summed E-state index contributed by atoms with van der Waals surface area (Å²) in [7, 11) is 1.35. The number of ether oxygens (including phenoxy) is 2. The number of ketones is 1. The van der Waals surface area contributed by atoms with Gasteiger partial charge in [-0.05, 0) is 63.0 Å². The molecule has 6 heterocycles. The minimum atomic E-state index is -0.727. The van der Waals surface area contributed by atoms with Gasteiger partial charge in [-0.15, -0.1) is 0 Å². The third kappa shape index (κ3) is 4.62. The summed E-state index contributed by atoms with van der Waals surface area (Å²) in [6.45, 7) is 11.6. The molecule has 6 atom stereocenters. The van der Waals surface area contributed by atoms with Crippen LogP contribution < -0.4 is 16.0 Å². The molecule has 5 aliphatic rings. The Balaban J connectivity index is 1.65. The molecule has 1 fully saturated rings. The van der Waals surface area contributed by atoms with Crippen LogP contribution >= 0.6 is 0 Å². The van der Waals surface area contributed by atoms with Crippen LogP contribution in [-0.4, -0.2) is 53.3 Å². The Bertz CT molecular complexity index is 1800. The number of hydrogen-bond acceptors (Lipinski definition) is 9. The molecule has 0 aliphatic carbocycles. The number of aromatic amines is 1. The van der Waals surface area contributed by atoms with Crippen LogP contribution in [0.5, 0.6) is 0 Å². The Morgan fingerprint density at radius 1 is 1.00 bits per heavy atom. The lowest BCUT2D eigenvalue weighted by molar-refractivity contribution is -0.162. The number of Topliss-reactive ketones (excluding diaryl/α,β-unsaturated/α-hetero) is 1. The molecule has 2 unspecified atom stereocenters. The highest BCUT2D eigenvalue weighted by Crippen LogP contribution is 2.44. The lowest BCUT2D eigenvalue weighted by Gasteiger charge is -2.29. The van der Waals surface area contributed by atoms with Crippen LogP contribution in [0.1, 0.15) is 69.8 Å². The molecule has 1 saturated heterocycles. The van der Waals surface area contributed by atoms with Gasteiger partial charge in [0.05, 0.1) is 29.8 Å². The summed E-state index contributed by atoms with van der Waals surface area (Å²) in [6.07, 6.45) is 7.26. The van der Waals surface area contributed by atoms with Crippen molar-refractivity contribution in [2.24, 2.45) is 39.6 Å². The Morgan fingerprint density at radius 3 is 2.36 bits per heavy atom. The van der Waals surface area contributed by atoms with E-state index in [4.69, 9.17) is 19.5 Å². The van der Waals surface area contributed by atoms with Gasteiger partial charge in [-0.1, -0.05) is 20.8 Å². The number of methoxy groups -OCH3 is 1. The monoisotopic (exact) mass is 598 g/mol. The second kappa shape index (κ2) is 11.0. The predicted molar refractivity (Wildman–Crippen MR) is 165 cm³/mol. The maximum absolute atomic E-state index is 13.5. The van der Waals surface area contributed by atoms with E-state index in [1.165, 1.54) is 7.11 Å². The van der Waals surface area contributed by atoms with Crippen molar-refractivity contribution in [2.75, 3.05) is 7.11 Å². The Hall–Kier alpha value is -4.34. The lowest BCUT2D eigenvalue weighted by atomic mass is 9.81. The molecule has 230 valence electrons. The number of aliphatic imine (C=N–C) groups is 2. The number of allylic oxidation sites excluding steroid dienone is 3. The molecule has 8 bridgehead atoms. The van der Waals surface area contributed by atoms with Gasteiger partial charge < -0.3 is 19.8 Å². The van der Waals surface area contributed by atoms with Gasteiger partial charge in [0.25, 0.3) is 0 Å². The fourth-order valence-corrected chi connectivity index (χ4v) is 7.49. The van der Waals surface area contributed by atoms with Crippen LogP contribution in [0, 0.1) is 36.5 Å². The Morgan fingerprint density at radius 2 is 1.68 bits per heavy atom. The van der Waals surface area contributed by atoms with E-state index in [1.807, 2.05) is 39.0 Å². The van der Waals surface area contributed by atoms with Gasteiger partial charge in [-0.25, -0.2) is 4.79 Å². The maximum atomic E-state index is 13.5. The summed E-state index contributed by atoms with van der Waals surface area (Å²) < 4.78 is 10.3. The van der Waals surface area contributed by atoms with Gasteiger partial charge >= 0.3 is 17.9 Å². The van der Waals surface area contributed by atoms with E-state index >= 15 is 0 Å². The summed E-state index contributed by atoms with van der Waals surface area (Å²) in [5, 5.41) is 4.91. The van der Waals surface area contributed by atoms with Crippen molar-refractivity contribution in [1.82, 2.24) is 10.3 Å². The zero-order valence-corrected chi connectivity index (χ0v) is 26.2. The Labute approximate surface area is 255 Å². The Kier molecular flexibility index (Phi) is 7.42. The third-order valence-electron chi connectivity index (χ3n) is 10.0. The summed E-state index contributed by atoms with van der Waals surface area (Å²) in [4.78, 5) is 65.3. The topological polar surface area (TPSA) is 139 Å². The van der Waals surface area contributed by atoms with Crippen molar-refractivity contribution >= 4 is 47.3 Å². The van der Waals surface area contributed by atoms with Gasteiger partial charge in [0.1, 0.15) is 5.92 Å². The van der Waals surface area contributed by atoms with Gasteiger partial charge in [-0.3, -0.25) is 24.4 Å². The van der Waals surface area contributed by atoms with E-state index in [1.54, 1.807) is 6.92 Å². The lowest BCUT2D eigenvalue weighted by Crippen LogP contribution is -2.45. The number of H-pyrrole nitrogens is 1. The van der Waals surface area contributed by atoms with Crippen LogP contribution in [0.25, 0.3) is 12.2 Å². The fourth-order valence-electron chi connectivity index (χ4n) is 7.49. The van der Waals surface area contributed by atoms with Gasteiger partial charge in [-0.2, -0.15) is 0 Å². The summed E-state index contributed by atoms with van der Waals surface area (Å²) in [6, 6.07) is -0.661. The van der Waals surface area contributed by atoms with Gasteiger partial charge in [0.15, 0.2) is 5.78 Å². The zero-order valence-electron chi connectivity index (χ0n) is 26.2. The van der Waals surface area contributed by atoms with E-state index in [0.717, 1.165) is 40.0 Å². The highest BCUT2D eigenvalue weighted by molar-refractivity contribution is 6.16. The molecular weight excluding hydrogens is 560 g/mol. The molecule has 0 saturated carbocycles. The van der Waals surface area contributed by atoms with Crippen LogP contribution in [0.15, 0.2) is 44.3 Å². The molecule has 2 N–H and O–H groups in total. The quantitative estimate of drug-likeness (QED) is 0.302. The third-order valence-corrected chi connectivity index (χ3v) is 10.0. The van der Waals surface area contributed by atoms with Crippen molar-refractivity contribution in [1.29, 1.82) is 0 Å². The smallest absolute Gasteiger partial charge is 0.345 e. The minimum Gasteiger partial charge on any atom is -0.469 e. The van der Waals surface area contributed by atoms with Crippen molar-refractivity contribution in [3.05, 3.63) is 56.1 Å². The molecule has 0 radical (unpaired) electrons. The van der Waals surface area contributed by atoms with E-state index in [-0.39, 0.29) is 41.8 Å². The number of hydrogen-bond donors (Lipinski definition) is 2. The maximum Gasteiger partial charge on any atom is 0.345 e. The molecule has 44 heavy (non-hydrogen) atoms. The molecule has 10 nitrogen and oxygen atoms in total. The van der Waals surface area contributed by atoms with E-state index in [9.17, 15) is 19.2 Å². The van der Waals surface area contributed by atoms with Crippen LogP contribution in [0.3, 0.4) is 0 Å². The molecule has 0 aromatic carbocycles. The zero-order chi connectivity index (χ0) is 31.6. The molecule has 5 aliphatic heterocycles. The van der Waals surface area contributed by atoms with Crippen molar-refractivity contribution in [3.8, 4) is 0 Å². The highest BCUT2D eigenvalue weighted by atomic mass is 16.6. The number of carbonyl (C=O) groups excluding carboxylic acids is 4. The van der Waals surface area contributed by atoms with Crippen LogP contribution in [0.4, 0.5) is 0 Å². The van der Waals surface area contributed by atoms with E-state index in [0.29, 0.717) is 34.3 Å². The first kappa shape index (κ1) is 29.7. The van der Waals surface area contributed by atoms with Crippen LogP contribution in [0.2, 0.25) is 0 Å². The first-order valence-electron chi connectivity index (χ1n) is 15.3. The normalized spacial score (nSPS) is 33.3. The fraction of sp³-hybridized carbons (Fsp3) is 0.471. The first-order chi connectivity index (χ1) is 20.9. The highest BCUT2D eigenvalue weighted by Gasteiger charge is 2.50. The van der Waals surface area contributed by atoms with E-state index in [2.05, 4.69) is 24.1 Å². The standard InChI is InChI=1S/C34H38N4O6/c1-8-19-14(2)21-13-26-28(18(6)39)16(4)23(36-26)11-22-15(3)20(9-10-27(40)43-7)31(37-22)30-32-29(33(41)44-34(30)42)17(5)24(38-32)12-25(19)35-21/h11-15,19-20,29,32,36,38H,8-10H2,1-7H3/b23-11-,25-12-,26-13-,31-30+/t14-,15+,19-,20+,29?,32?/m1/s1. The van der Waals surface area contributed by atoms with Crippen LogP contribution in [-0.2, 0) is 23.9 Å². The number of nitrogens with one attached hydrogen (secondary N) is 2. The van der Waals surface area contributed by atoms with Crippen molar-refractivity contribution in [3.63, 3.8) is 0 Å². The van der Waals surface area contributed by atoms with Gasteiger partial charge in [0, 0.05) is 63.8 Å². The number of aromatic nitrogens is 1. The van der Waals surface area contributed by atoms with Crippen molar-refractivity contribution in [2.45, 2.75) is 66.8 Å². The summed E-state index contributed by atoms with van der Waals surface area (Å²) in [5.41, 5.74) is 6.15. The van der Waals surface area contributed by atoms with Gasteiger partial charge in [0.2, 0.25) is 0 Å². The number of carbonyl (C=O) groups is 4. The second-order valence-electron chi connectivity index (χ2n) is 12.5. The molecule has 10 heteroatoms. The summed E-state index contributed by atoms with van der Waals surface area (Å²) >= 11 is 0.